The Kier molecular flexibility index (Phi) is 4.67. The third-order valence-electron chi connectivity index (χ3n) is 5.14. The molecule has 0 spiro atoms. The Bertz CT molecular complexity index is 481. The summed E-state index contributed by atoms with van der Waals surface area (Å²) in [5.74, 6) is 1.84. The summed E-state index contributed by atoms with van der Waals surface area (Å²) in [7, 11) is 1.79. The standard InChI is InChI=1S/C19H31NO/c1-7-20-13-19(11-15(12-19)18(3,4)5)16-10-14(2)8-9-17(16)21-6/h8-10,15,20H,7,11-13H2,1-6H3. The molecule has 2 nitrogen and oxygen atoms in total. The van der Waals surface area contributed by atoms with Gasteiger partial charge in [-0.1, -0.05) is 45.4 Å². The fourth-order valence-electron chi connectivity index (χ4n) is 3.56. The highest BCUT2D eigenvalue weighted by Crippen LogP contribution is 2.55. The maximum absolute atomic E-state index is 5.66. The van der Waals surface area contributed by atoms with Crippen LogP contribution in [0.3, 0.4) is 0 Å². The maximum Gasteiger partial charge on any atom is 0.122 e. The van der Waals surface area contributed by atoms with Gasteiger partial charge >= 0.3 is 0 Å². The summed E-state index contributed by atoms with van der Waals surface area (Å²) >= 11 is 0. The molecule has 118 valence electrons. The molecule has 21 heavy (non-hydrogen) atoms. The first kappa shape index (κ1) is 16.4. The molecule has 0 saturated heterocycles. The molecule has 1 fully saturated rings. The molecule has 0 amide bonds. The average Bonchev–Trinajstić information content (AvgIpc) is 2.36. The molecule has 0 atom stereocenters. The largest absolute Gasteiger partial charge is 0.496 e. The number of methoxy groups -OCH3 is 1. The quantitative estimate of drug-likeness (QED) is 0.872. The lowest BCUT2D eigenvalue weighted by Gasteiger charge is -2.53. The van der Waals surface area contributed by atoms with E-state index in [1.807, 2.05) is 0 Å². The second-order valence-electron chi connectivity index (χ2n) is 7.74. The number of aryl methyl sites for hydroxylation is 1. The van der Waals surface area contributed by atoms with Crippen LogP contribution in [0.4, 0.5) is 0 Å². The molecule has 1 aliphatic rings. The lowest BCUT2D eigenvalue weighted by atomic mass is 9.52. The van der Waals surface area contributed by atoms with Crippen molar-refractivity contribution in [1.29, 1.82) is 0 Å². The van der Waals surface area contributed by atoms with Gasteiger partial charge < -0.3 is 10.1 Å². The molecule has 0 bridgehead atoms. The van der Waals surface area contributed by atoms with Crippen molar-refractivity contribution in [2.75, 3.05) is 20.2 Å². The minimum Gasteiger partial charge on any atom is -0.496 e. The smallest absolute Gasteiger partial charge is 0.122 e. The summed E-state index contributed by atoms with van der Waals surface area (Å²) in [6.45, 7) is 13.5. The summed E-state index contributed by atoms with van der Waals surface area (Å²) in [6.07, 6.45) is 2.51. The van der Waals surface area contributed by atoms with Crippen LogP contribution in [-0.4, -0.2) is 20.2 Å². The van der Waals surface area contributed by atoms with Crippen LogP contribution in [0.1, 0.15) is 51.7 Å². The molecule has 1 aromatic carbocycles. The highest BCUT2D eigenvalue weighted by Gasteiger charge is 2.50. The normalized spacial score (nSPS) is 25.5. The van der Waals surface area contributed by atoms with Gasteiger partial charge in [0.2, 0.25) is 0 Å². The minimum atomic E-state index is 0.241. The monoisotopic (exact) mass is 289 g/mol. The van der Waals surface area contributed by atoms with Crippen molar-refractivity contribution < 1.29 is 4.74 Å². The fourth-order valence-corrected chi connectivity index (χ4v) is 3.56. The topological polar surface area (TPSA) is 21.3 Å². The van der Waals surface area contributed by atoms with E-state index < -0.39 is 0 Å². The first-order chi connectivity index (χ1) is 9.82. The number of hydrogen-bond acceptors (Lipinski definition) is 2. The molecule has 2 heteroatoms. The molecule has 0 heterocycles. The number of benzene rings is 1. The molecule has 0 aromatic heterocycles. The zero-order valence-electron chi connectivity index (χ0n) is 14.5. The van der Waals surface area contributed by atoms with Gasteiger partial charge in [0.25, 0.3) is 0 Å². The third-order valence-corrected chi connectivity index (χ3v) is 5.14. The Morgan fingerprint density at radius 3 is 2.48 bits per heavy atom. The van der Waals surface area contributed by atoms with Gasteiger partial charge in [0.1, 0.15) is 5.75 Å². The highest BCUT2D eigenvalue weighted by molar-refractivity contribution is 5.44. The van der Waals surface area contributed by atoms with Crippen LogP contribution in [0.25, 0.3) is 0 Å². The second-order valence-corrected chi connectivity index (χ2v) is 7.74. The molecular formula is C19H31NO. The van der Waals surface area contributed by atoms with E-state index in [1.54, 1.807) is 7.11 Å². The molecular weight excluding hydrogens is 258 g/mol. The van der Waals surface area contributed by atoms with Crippen LogP contribution in [0.5, 0.6) is 5.75 Å². The van der Waals surface area contributed by atoms with Crippen molar-refractivity contribution in [1.82, 2.24) is 5.32 Å². The molecule has 1 N–H and O–H groups in total. The molecule has 2 rings (SSSR count). The SMILES string of the molecule is CCNCC1(c2cc(C)ccc2OC)CC(C(C)(C)C)C1. The number of nitrogens with one attached hydrogen (secondary N) is 1. The summed E-state index contributed by atoms with van der Waals surface area (Å²) in [4.78, 5) is 0. The Morgan fingerprint density at radius 1 is 1.29 bits per heavy atom. The second kappa shape index (κ2) is 6.00. The number of hydrogen-bond donors (Lipinski definition) is 1. The van der Waals surface area contributed by atoms with Gasteiger partial charge in [-0.05, 0) is 43.7 Å². The van der Waals surface area contributed by atoms with Gasteiger partial charge in [-0.2, -0.15) is 0 Å². The van der Waals surface area contributed by atoms with Gasteiger partial charge in [-0.25, -0.2) is 0 Å². The first-order valence-electron chi connectivity index (χ1n) is 8.18. The third kappa shape index (κ3) is 3.26. The van der Waals surface area contributed by atoms with Crippen LogP contribution in [0.15, 0.2) is 18.2 Å². The van der Waals surface area contributed by atoms with Crippen LogP contribution in [-0.2, 0) is 5.41 Å². The maximum atomic E-state index is 5.66. The zero-order valence-corrected chi connectivity index (χ0v) is 14.5. The van der Waals surface area contributed by atoms with E-state index in [2.05, 4.69) is 58.1 Å². The van der Waals surface area contributed by atoms with E-state index >= 15 is 0 Å². The Balaban J connectivity index is 2.32. The van der Waals surface area contributed by atoms with E-state index in [4.69, 9.17) is 4.74 Å². The van der Waals surface area contributed by atoms with Crippen molar-refractivity contribution in [2.45, 2.75) is 52.9 Å². The van der Waals surface area contributed by atoms with E-state index in [1.165, 1.54) is 24.0 Å². The number of ether oxygens (including phenoxy) is 1. The van der Waals surface area contributed by atoms with Crippen LogP contribution in [0, 0.1) is 18.3 Å². The van der Waals surface area contributed by atoms with Gasteiger partial charge in [-0.3, -0.25) is 0 Å². The predicted octanol–water partition coefficient (Wildman–Crippen LogP) is 4.31. The van der Waals surface area contributed by atoms with E-state index in [0.717, 1.165) is 24.8 Å². The summed E-state index contributed by atoms with van der Waals surface area (Å²) < 4.78 is 5.66. The summed E-state index contributed by atoms with van der Waals surface area (Å²) in [5.41, 5.74) is 3.35. The molecule has 0 aliphatic heterocycles. The summed E-state index contributed by atoms with van der Waals surface area (Å²) in [5, 5.41) is 3.58. The van der Waals surface area contributed by atoms with Crippen LogP contribution >= 0.6 is 0 Å². The first-order valence-corrected chi connectivity index (χ1v) is 8.18. The zero-order chi connectivity index (χ0) is 15.7. The van der Waals surface area contributed by atoms with E-state index in [0.29, 0.717) is 5.41 Å². The van der Waals surface area contributed by atoms with Gasteiger partial charge in [0, 0.05) is 17.5 Å². The van der Waals surface area contributed by atoms with Crippen LogP contribution < -0.4 is 10.1 Å². The van der Waals surface area contributed by atoms with Crippen molar-refractivity contribution >= 4 is 0 Å². The fraction of sp³-hybridized carbons (Fsp3) is 0.684. The van der Waals surface area contributed by atoms with Gasteiger partial charge in [0.15, 0.2) is 0 Å². The molecule has 0 unspecified atom stereocenters. The average molecular weight is 289 g/mol. The van der Waals surface area contributed by atoms with Gasteiger partial charge in [0.05, 0.1) is 7.11 Å². The molecule has 1 aliphatic carbocycles. The molecule has 0 radical (unpaired) electrons. The lowest BCUT2D eigenvalue weighted by molar-refractivity contribution is 0.0437. The Labute approximate surface area is 130 Å². The highest BCUT2D eigenvalue weighted by atomic mass is 16.5. The van der Waals surface area contributed by atoms with Crippen molar-refractivity contribution in [2.24, 2.45) is 11.3 Å². The van der Waals surface area contributed by atoms with Crippen molar-refractivity contribution in [3.05, 3.63) is 29.3 Å². The molecule has 1 saturated carbocycles. The van der Waals surface area contributed by atoms with Crippen molar-refractivity contribution in [3.63, 3.8) is 0 Å². The number of rotatable bonds is 5. The van der Waals surface area contributed by atoms with Gasteiger partial charge in [-0.15, -0.1) is 0 Å². The Morgan fingerprint density at radius 2 is 1.95 bits per heavy atom. The minimum absolute atomic E-state index is 0.241. The lowest BCUT2D eigenvalue weighted by Crippen LogP contribution is -2.52. The predicted molar refractivity (Wildman–Crippen MR) is 90.1 cm³/mol. The van der Waals surface area contributed by atoms with Crippen molar-refractivity contribution in [3.8, 4) is 5.75 Å². The molecule has 1 aromatic rings. The summed E-state index contributed by atoms with van der Waals surface area (Å²) in [6, 6.07) is 6.60. The van der Waals surface area contributed by atoms with E-state index in [-0.39, 0.29) is 5.41 Å². The van der Waals surface area contributed by atoms with E-state index in [9.17, 15) is 0 Å². The van der Waals surface area contributed by atoms with Crippen LogP contribution in [0.2, 0.25) is 0 Å². The Hall–Kier alpha value is -1.02. The number of likely N-dealkylation sites (N-methyl/N-ethyl adjacent to an activating group) is 1.